The van der Waals surface area contributed by atoms with Crippen molar-refractivity contribution in [3.63, 3.8) is 0 Å². The van der Waals surface area contributed by atoms with Crippen LogP contribution in [0.1, 0.15) is 10.9 Å². The van der Waals surface area contributed by atoms with E-state index in [2.05, 4.69) is 0 Å². The Labute approximate surface area is 140 Å². The Balaban J connectivity index is 1.99. The highest BCUT2D eigenvalue weighted by Crippen LogP contribution is 2.45. The van der Waals surface area contributed by atoms with Crippen LogP contribution in [-0.4, -0.2) is 21.7 Å². The number of hydrogen-bond acceptors (Lipinski definition) is 5. The summed E-state index contributed by atoms with van der Waals surface area (Å²) in [5.41, 5.74) is 1.06. The van der Waals surface area contributed by atoms with E-state index in [-0.39, 0.29) is 28.5 Å². The first-order valence-electron chi connectivity index (χ1n) is 6.64. The van der Waals surface area contributed by atoms with Gasteiger partial charge in [-0.05, 0) is 35.9 Å². The van der Waals surface area contributed by atoms with Crippen LogP contribution in [0.15, 0.2) is 42.5 Å². The average molecular weight is 351 g/mol. The van der Waals surface area contributed by atoms with Crippen LogP contribution in [0.2, 0.25) is 5.02 Å². The van der Waals surface area contributed by atoms with Gasteiger partial charge in [0, 0.05) is 17.2 Å². The van der Waals surface area contributed by atoms with Crippen molar-refractivity contribution in [1.29, 1.82) is 0 Å². The number of non-ortho nitro benzene ring substituents is 1. The van der Waals surface area contributed by atoms with E-state index in [9.17, 15) is 20.0 Å². The first kappa shape index (κ1) is 15.6. The maximum absolute atomic E-state index is 12.2. The number of aromatic hydroxyl groups is 1. The standard InChI is InChI=1S/C15H11ClN2O4S/c16-10-3-6-13(19)12(7-10)17-14(20)8-23-15(17)9-1-4-11(5-2-9)18(21)22/h1-7,15,19H,8H2. The molecule has 0 radical (unpaired) electrons. The van der Waals surface area contributed by atoms with E-state index in [0.717, 1.165) is 5.56 Å². The topological polar surface area (TPSA) is 83.7 Å². The molecule has 0 spiro atoms. The Kier molecular flexibility index (Phi) is 4.14. The number of nitro groups is 1. The number of phenols is 1. The van der Waals surface area contributed by atoms with Gasteiger partial charge < -0.3 is 5.11 Å². The predicted octanol–water partition coefficient (Wildman–Crippen LogP) is 3.73. The first-order chi connectivity index (χ1) is 11.0. The normalized spacial score (nSPS) is 17.5. The number of benzene rings is 2. The molecule has 0 saturated carbocycles. The van der Waals surface area contributed by atoms with Crippen LogP contribution in [0.3, 0.4) is 0 Å². The maximum atomic E-state index is 12.2. The number of rotatable bonds is 3. The van der Waals surface area contributed by atoms with E-state index < -0.39 is 4.92 Å². The molecule has 1 unspecified atom stereocenters. The summed E-state index contributed by atoms with van der Waals surface area (Å²) in [7, 11) is 0. The van der Waals surface area contributed by atoms with Crippen LogP contribution in [0, 0.1) is 10.1 Å². The number of thioether (sulfide) groups is 1. The summed E-state index contributed by atoms with van der Waals surface area (Å²) in [6.07, 6.45) is 0. The third kappa shape index (κ3) is 2.97. The Morgan fingerprint density at radius 1 is 1.26 bits per heavy atom. The van der Waals surface area contributed by atoms with Gasteiger partial charge in [-0.25, -0.2) is 0 Å². The van der Waals surface area contributed by atoms with E-state index in [0.29, 0.717) is 10.7 Å². The lowest BCUT2D eigenvalue weighted by molar-refractivity contribution is -0.384. The van der Waals surface area contributed by atoms with Crippen molar-refractivity contribution in [2.45, 2.75) is 5.37 Å². The van der Waals surface area contributed by atoms with E-state index in [1.807, 2.05) is 0 Å². The van der Waals surface area contributed by atoms with Crippen molar-refractivity contribution >= 4 is 40.6 Å². The summed E-state index contributed by atoms with van der Waals surface area (Å²) >= 11 is 7.35. The molecule has 3 rings (SSSR count). The lowest BCUT2D eigenvalue weighted by atomic mass is 10.1. The van der Waals surface area contributed by atoms with Crippen molar-refractivity contribution in [2.24, 2.45) is 0 Å². The van der Waals surface area contributed by atoms with E-state index in [1.165, 1.54) is 47.0 Å². The highest BCUT2D eigenvalue weighted by molar-refractivity contribution is 8.00. The fraction of sp³-hybridized carbons (Fsp3) is 0.133. The fourth-order valence-corrected chi connectivity index (χ4v) is 3.72. The molecule has 8 heteroatoms. The number of anilines is 1. The minimum atomic E-state index is -0.475. The quantitative estimate of drug-likeness (QED) is 0.673. The largest absolute Gasteiger partial charge is 0.506 e. The number of phenolic OH excluding ortho intramolecular Hbond substituents is 1. The third-order valence-electron chi connectivity index (χ3n) is 3.45. The van der Waals surface area contributed by atoms with Crippen LogP contribution < -0.4 is 4.90 Å². The smallest absolute Gasteiger partial charge is 0.269 e. The zero-order chi connectivity index (χ0) is 16.6. The number of carbonyl (C=O) groups is 1. The highest BCUT2D eigenvalue weighted by Gasteiger charge is 2.35. The van der Waals surface area contributed by atoms with Gasteiger partial charge in [0.1, 0.15) is 11.1 Å². The molecule has 1 fully saturated rings. The first-order valence-corrected chi connectivity index (χ1v) is 8.06. The van der Waals surface area contributed by atoms with Crippen LogP contribution in [0.25, 0.3) is 0 Å². The minimum Gasteiger partial charge on any atom is -0.506 e. The van der Waals surface area contributed by atoms with Gasteiger partial charge in [0.15, 0.2) is 0 Å². The summed E-state index contributed by atoms with van der Waals surface area (Å²) < 4.78 is 0. The molecule has 0 bridgehead atoms. The van der Waals surface area contributed by atoms with Gasteiger partial charge in [-0.1, -0.05) is 11.6 Å². The Morgan fingerprint density at radius 3 is 2.61 bits per heavy atom. The van der Waals surface area contributed by atoms with Crippen LogP contribution in [0.5, 0.6) is 5.75 Å². The molecule has 0 aromatic heterocycles. The second-order valence-electron chi connectivity index (χ2n) is 4.91. The average Bonchev–Trinajstić information content (AvgIpc) is 2.91. The lowest BCUT2D eigenvalue weighted by Gasteiger charge is -2.25. The van der Waals surface area contributed by atoms with Gasteiger partial charge in [-0.3, -0.25) is 19.8 Å². The number of nitro benzene ring substituents is 1. The molecule has 23 heavy (non-hydrogen) atoms. The molecule has 1 aliphatic heterocycles. The van der Waals surface area contributed by atoms with Gasteiger partial charge in [-0.15, -0.1) is 11.8 Å². The predicted molar refractivity (Wildman–Crippen MR) is 88.9 cm³/mol. The number of hydrogen-bond donors (Lipinski definition) is 1. The van der Waals surface area contributed by atoms with Crippen molar-refractivity contribution < 1.29 is 14.8 Å². The number of carbonyl (C=O) groups excluding carboxylic acids is 1. The van der Waals surface area contributed by atoms with Crippen LogP contribution in [0.4, 0.5) is 11.4 Å². The van der Waals surface area contributed by atoms with Gasteiger partial charge in [-0.2, -0.15) is 0 Å². The van der Waals surface area contributed by atoms with E-state index in [1.54, 1.807) is 12.1 Å². The molecule has 118 valence electrons. The van der Waals surface area contributed by atoms with Gasteiger partial charge in [0.25, 0.3) is 5.69 Å². The molecule has 1 N–H and O–H groups in total. The van der Waals surface area contributed by atoms with Crippen molar-refractivity contribution in [3.05, 3.63) is 63.2 Å². The summed E-state index contributed by atoms with van der Waals surface area (Å²) in [4.78, 5) is 24.0. The Morgan fingerprint density at radius 2 is 1.96 bits per heavy atom. The second-order valence-corrected chi connectivity index (χ2v) is 6.41. The number of nitrogens with zero attached hydrogens (tertiary/aromatic N) is 2. The van der Waals surface area contributed by atoms with Crippen molar-refractivity contribution in [2.75, 3.05) is 10.7 Å². The summed E-state index contributed by atoms with van der Waals surface area (Å²) in [6, 6.07) is 10.5. The minimum absolute atomic E-state index is 0.0137. The summed E-state index contributed by atoms with van der Waals surface area (Å²) in [6.45, 7) is 0. The number of amides is 1. The van der Waals surface area contributed by atoms with Gasteiger partial charge in [0.2, 0.25) is 5.91 Å². The molecule has 0 aliphatic carbocycles. The fourth-order valence-electron chi connectivity index (χ4n) is 2.38. The second kappa shape index (κ2) is 6.10. The molecule has 2 aromatic carbocycles. The van der Waals surface area contributed by atoms with Gasteiger partial charge >= 0.3 is 0 Å². The molecule has 2 aromatic rings. The monoisotopic (exact) mass is 350 g/mol. The molecule has 6 nitrogen and oxygen atoms in total. The molecule has 1 heterocycles. The maximum Gasteiger partial charge on any atom is 0.269 e. The zero-order valence-corrected chi connectivity index (χ0v) is 13.3. The molecule has 1 amide bonds. The summed E-state index contributed by atoms with van der Waals surface area (Å²) in [5, 5.41) is 20.8. The Bertz CT molecular complexity index is 782. The highest BCUT2D eigenvalue weighted by atomic mass is 35.5. The van der Waals surface area contributed by atoms with Crippen molar-refractivity contribution in [1.82, 2.24) is 0 Å². The zero-order valence-electron chi connectivity index (χ0n) is 11.7. The summed E-state index contributed by atoms with van der Waals surface area (Å²) in [5.74, 6) is 0.0567. The van der Waals surface area contributed by atoms with Crippen LogP contribution >= 0.6 is 23.4 Å². The van der Waals surface area contributed by atoms with E-state index >= 15 is 0 Å². The molecular weight excluding hydrogens is 340 g/mol. The lowest BCUT2D eigenvalue weighted by Crippen LogP contribution is -2.27. The molecule has 1 aliphatic rings. The number of halogens is 1. The molecule has 1 atom stereocenters. The van der Waals surface area contributed by atoms with Gasteiger partial charge in [0.05, 0.1) is 16.4 Å². The van der Waals surface area contributed by atoms with Crippen LogP contribution in [-0.2, 0) is 4.79 Å². The third-order valence-corrected chi connectivity index (χ3v) is 4.90. The SMILES string of the molecule is O=C1CSC(c2ccc([N+](=O)[O-])cc2)N1c1cc(Cl)ccc1O. The van der Waals surface area contributed by atoms with E-state index in [4.69, 9.17) is 11.6 Å². The molecular formula is C15H11ClN2O4S. The molecule has 1 saturated heterocycles. The Hall–Kier alpha value is -2.25. The van der Waals surface area contributed by atoms with Crippen molar-refractivity contribution in [3.8, 4) is 5.75 Å².